The minimum absolute atomic E-state index is 0.204. The average molecular weight is 403 g/mol. The molecule has 0 unspecified atom stereocenters. The smallest absolute Gasteiger partial charge is 0.345 e. The first kappa shape index (κ1) is 19.9. The van der Waals surface area contributed by atoms with E-state index in [2.05, 4.69) is 33.9 Å². The van der Waals surface area contributed by atoms with Crippen LogP contribution >= 0.6 is 0 Å². The highest BCUT2D eigenvalue weighted by Crippen LogP contribution is 2.37. The Labute approximate surface area is 176 Å². The quantitative estimate of drug-likeness (QED) is 0.547. The predicted molar refractivity (Wildman–Crippen MR) is 115 cm³/mol. The fourth-order valence-electron chi connectivity index (χ4n) is 3.74. The SMILES string of the molecule is CCOC(=O)c1cnc(N2c3ccccc3C[C@H]2C)nc1O[C@@H](C)c1ccccc1. The van der Waals surface area contributed by atoms with Crippen LogP contribution in [-0.2, 0) is 11.2 Å². The monoisotopic (exact) mass is 403 g/mol. The second kappa shape index (κ2) is 8.53. The van der Waals surface area contributed by atoms with E-state index in [4.69, 9.17) is 9.47 Å². The van der Waals surface area contributed by atoms with Crippen molar-refractivity contribution in [1.82, 2.24) is 9.97 Å². The molecule has 2 heterocycles. The molecule has 0 aliphatic carbocycles. The first-order chi connectivity index (χ1) is 14.6. The lowest BCUT2D eigenvalue weighted by Gasteiger charge is -2.24. The maximum atomic E-state index is 12.5. The summed E-state index contributed by atoms with van der Waals surface area (Å²) < 4.78 is 11.3. The normalized spacial score (nSPS) is 16.1. The minimum Gasteiger partial charge on any atom is -0.469 e. The molecular weight excluding hydrogens is 378 g/mol. The van der Waals surface area contributed by atoms with Gasteiger partial charge in [-0.1, -0.05) is 48.5 Å². The summed E-state index contributed by atoms with van der Waals surface area (Å²) in [5.41, 5.74) is 3.55. The molecule has 6 heteroatoms. The van der Waals surface area contributed by atoms with Crippen LogP contribution in [0.15, 0.2) is 60.8 Å². The highest BCUT2D eigenvalue weighted by atomic mass is 16.5. The first-order valence-electron chi connectivity index (χ1n) is 10.2. The van der Waals surface area contributed by atoms with Gasteiger partial charge in [0.15, 0.2) is 0 Å². The topological polar surface area (TPSA) is 64.5 Å². The fraction of sp³-hybridized carbons (Fsp3) is 0.292. The van der Waals surface area contributed by atoms with Gasteiger partial charge in [0.25, 0.3) is 0 Å². The number of hydrogen-bond acceptors (Lipinski definition) is 6. The van der Waals surface area contributed by atoms with E-state index < -0.39 is 5.97 Å². The molecule has 0 fully saturated rings. The van der Waals surface area contributed by atoms with Gasteiger partial charge in [-0.2, -0.15) is 4.98 Å². The molecule has 0 spiro atoms. The highest BCUT2D eigenvalue weighted by molar-refractivity contribution is 5.91. The molecule has 0 saturated heterocycles. The van der Waals surface area contributed by atoms with Gasteiger partial charge in [-0.15, -0.1) is 0 Å². The Hall–Kier alpha value is -3.41. The number of para-hydroxylation sites is 1. The Morgan fingerprint density at radius 1 is 1.17 bits per heavy atom. The molecule has 30 heavy (non-hydrogen) atoms. The van der Waals surface area contributed by atoms with Crippen molar-refractivity contribution in [2.45, 2.75) is 39.3 Å². The number of carbonyl (C=O) groups excluding carboxylic acids is 1. The van der Waals surface area contributed by atoms with Gasteiger partial charge in [0.1, 0.15) is 11.7 Å². The lowest BCUT2D eigenvalue weighted by Crippen LogP contribution is -2.26. The van der Waals surface area contributed by atoms with Gasteiger partial charge in [0.2, 0.25) is 11.8 Å². The molecule has 4 rings (SSSR count). The summed E-state index contributed by atoms with van der Waals surface area (Å²) in [6, 6.07) is 18.3. The van der Waals surface area contributed by atoms with Crippen LogP contribution in [0, 0.1) is 0 Å². The van der Waals surface area contributed by atoms with Gasteiger partial charge in [0, 0.05) is 11.7 Å². The standard InChI is InChI=1S/C24H25N3O3/c1-4-29-23(28)20-15-25-24(27-16(2)14-19-12-8-9-13-21(19)27)26-22(20)30-17(3)18-10-6-5-7-11-18/h5-13,15-17H,4,14H2,1-3H3/t16-,17+/m1/s1. The molecule has 3 aromatic rings. The number of ether oxygens (including phenoxy) is 2. The molecule has 0 saturated carbocycles. The first-order valence-corrected chi connectivity index (χ1v) is 10.2. The fourth-order valence-corrected chi connectivity index (χ4v) is 3.74. The van der Waals surface area contributed by atoms with Crippen molar-refractivity contribution in [1.29, 1.82) is 0 Å². The number of hydrogen-bond donors (Lipinski definition) is 0. The summed E-state index contributed by atoms with van der Waals surface area (Å²) in [6.45, 7) is 6.10. The van der Waals surface area contributed by atoms with Crippen molar-refractivity contribution in [2.75, 3.05) is 11.5 Å². The van der Waals surface area contributed by atoms with E-state index in [0.29, 0.717) is 5.95 Å². The molecule has 0 N–H and O–H groups in total. The van der Waals surface area contributed by atoms with Crippen molar-refractivity contribution >= 4 is 17.6 Å². The number of carbonyl (C=O) groups is 1. The molecular formula is C24H25N3O3. The average Bonchev–Trinajstić information content (AvgIpc) is 3.10. The second-order valence-electron chi connectivity index (χ2n) is 7.33. The van der Waals surface area contributed by atoms with E-state index in [9.17, 15) is 4.79 Å². The number of benzene rings is 2. The van der Waals surface area contributed by atoms with Crippen LogP contribution in [-0.4, -0.2) is 28.6 Å². The van der Waals surface area contributed by atoms with Crippen molar-refractivity contribution in [3.05, 3.63) is 77.5 Å². The molecule has 2 aromatic carbocycles. The minimum atomic E-state index is -0.491. The third kappa shape index (κ3) is 3.85. The van der Waals surface area contributed by atoms with Gasteiger partial charge in [-0.05, 0) is 44.4 Å². The third-order valence-electron chi connectivity index (χ3n) is 5.22. The van der Waals surface area contributed by atoms with E-state index in [0.717, 1.165) is 17.7 Å². The number of fused-ring (bicyclic) bond motifs is 1. The molecule has 1 aliphatic rings. The molecule has 0 amide bonds. The van der Waals surface area contributed by atoms with E-state index in [-0.39, 0.29) is 30.2 Å². The number of rotatable bonds is 6. The predicted octanol–water partition coefficient (Wildman–Crippen LogP) is 4.88. The maximum Gasteiger partial charge on any atom is 0.345 e. The van der Waals surface area contributed by atoms with Gasteiger partial charge in [-0.3, -0.25) is 0 Å². The van der Waals surface area contributed by atoms with Crippen molar-refractivity contribution in [3.63, 3.8) is 0 Å². The molecule has 154 valence electrons. The number of anilines is 2. The Balaban J connectivity index is 1.72. The highest BCUT2D eigenvalue weighted by Gasteiger charge is 2.30. The van der Waals surface area contributed by atoms with Crippen LogP contribution in [0.1, 0.15) is 48.4 Å². The lowest BCUT2D eigenvalue weighted by molar-refractivity contribution is 0.0517. The number of esters is 1. The summed E-state index contributed by atoms with van der Waals surface area (Å²) in [5, 5.41) is 0. The zero-order valence-corrected chi connectivity index (χ0v) is 17.4. The zero-order chi connectivity index (χ0) is 21.1. The summed E-state index contributed by atoms with van der Waals surface area (Å²) in [7, 11) is 0. The van der Waals surface area contributed by atoms with Gasteiger partial charge >= 0.3 is 5.97 Å². The third-order valence-corrected chi connectivity index (χ3v) is 5.22. The van der Waals surface area contributed by atoms with Gasteiger partial charge in [0.05, 0.1) is 12.8 Å². The van der Waals surface area contributed by atoms with Crippen LogP contribution < -0.4 is 9.64 Å². The largest absolute Gasteiger partial charge is 0.469 e. The Morgan fingerprint density at radius 3 is 2.67 bits per heavy atom. The van der Waals surface area contributed by atoms with Crippen LogP contribution in [0.4, 0.5) is 11.6 Å². The van der Waals surface area contributed by atoms with E-state index in [1.54, 1.807) is 6.92 Å². The zero-order valence-electron chi connectivity index (χ0n) is 17.4. The van der Waals surface area contributed by atoms with Crippen LogP contribution in [0.25, 0.3) is 0 Å². The molecule has 0 radical (unpaired) electrons. The molecule has 0 bridgehead atoms. The van der Waals surface area contributed by atoms with E-state index in [1.165, 1.54) is 11.8 Å². The van der Waals surface area contributed by atoms with Crippen molar-refractivity contribution < 1.29 is 14.3 Å². The Bertz CT molecular complexity index is 1040. The van der Waals surface area contributed by atoms with Gasteiger partial charge < -0.3 is 14.4 Å². The summed E-state index contributed by atoms with van der Waals surface area (Å²) in [5.74, 6) is 0.247. The van der Waals surface area contributed by atoms with Crippen molar-refractivity contribution in [2.24, 2.45) is 0 Å². The van der Waals surface area contributed by atoms with Gasteiger partial charge in [-0.25, -0.2) is 9.78 Å². The van der Waals surface area contributed by atoms with E-state index in [1.807, 2.05) is 49.4 Å². The maximum absolute atomic E-state index is 12.5. The second-order valence-corrected chi connectivity index (χ2v) is 7.33. The molecule has 1 aliphatic heterocycles. The van der Waals surface area contributed by atoms with Crippen LogP contribution in [0.5, 0.6) is 5.88 Å². The summed E-state index contributed by atoms with van der Waals surface area (Å²) in [6.07, 6.45) is 2.13. The molecule has 6 nitrogen and oxygen atoms in total. The van der Waals surface area contributed by atoms with E-state index >= 15 is 0 Å². The Morgan fingerprint density at radius 2 is 1.90 bits per heavy atom. The Kier molecular flexibility index (Phi) is 5.65. The lowest BCUT2D eigenvalue weighted by atomic mass is 10.1. The molecule has 2 atom stereocenters. The molecule has 1 aromatic heterocycles. The van der Waals surface area contributed by atoms with Crippen LogP contribution in [0.3, 0.4) is 0 Å². The summed E-state index contributed by atoms with van der Waals surface area (Å²) >= 11 is 0. The van der Waals surface area contributed by atoms with Crippen molar-refractivity contribution in [3.8, 4) is 5.88 Å². The number of nitrogens with zero attached hydrogens (tertiary/aromatic N) is 3. The number of aromatic nitrogens is 2. The van der Waals surface area contributed by atoms with Crippen LogP contribution in [0.2, 0.25) is 0 Å². The summed E-state index contributed by atoms with van der Waals surface area (Å²) in [4.78, 5) is 23.7.